The molecule has 1 saturated heterocycles. The van der Waals surface area contributed by atoms with Gasteiger partial charge in [0.05, 0.1) is 21.6 Å². The van der Waals surface area contributed by atoms with Gasteiger partial charge in [-0.3, -0.25) is 9.10 Å². The fraction of sp³-hybridized carbons (Fsp3) is 0.348. The summed E-state index contributed by atoms with van der Waals surface area (Å²) in [5.41, 5.74) is 1.59. The first-order valence-corrected chi connectivity index (χ1v) is 12.7. The molecule has 4 rings (SSSR count). The zero-order valence-corrected chi connectivity index (χ0v) is 19.3. The lowest BCUT2D eigenvalue weighted by atomic mass is 10.2. The van der Waals surface area contributed by atoms with Gasteiger partial charge in [-0.2, -0.15) is 0 Å². The van der Waals surface area contributed by atoms with Gasteiger partial charge in [0.1, 0.15) is 0 Å². The Bertz CT molecular complexity index is 1180. The van der Waals surface area contributed by atoms with E-state index in [0.29, 0.717) is 23.7 Å². The second-order valence-corrected chi connectivity index (χ2v) is 10.6. The molecule has 1 fully saturated rings. The molecule has 8 heteroatoms. The van der Waals surface area contributed by atoms with Gasteiger partial charge in [0.2, 0.25) is 0 Å². The Kier molecular flexibility index (Phi) is 6.31. The number of thiophene rings is 1. The lowest BCUT2D eigenvalue weighted by Gasteiger charge is -2.23. The Hall–Kier alpha value is -2.42. The van der Waals surface area contributed by atoms with Gasteiger partial charge in [-0.1, -0.05) is 17.7 Å². The smallest absolute Gasteiger partial charge is 0.264 e. The second-order valence-electron chi connectivity index (χ2n) is 7.66. The van der Waals surface area contributed by atoms with Crippen LogP contribution in [-0.4, -0.2) is 40.1 Å². The summed E-state index contributed by atoms with van der Waals surface area (Å²) in [6, 6.07) is 14.2. The van der Waals surface area contributed by atoms with Crippen LogP contribution in [0.25, 0.3) is 10.1 Å². The van der Waals surface area contributed by atoms with Crippen molar-refractivity contribution in [3.63, 3.8) is 0 Å². The molecule has 1 aliphatic heterocycles. The van der Waals surface area contributed by atoms with Gasteiger partial charge in [0, 0.05) is 24.4 Å². The topological polar surface area (TPSA) is 75.7 Å². The van der Waals surface area contributed by atoms with E-state index in [9.17, 15) is 13.2 Å². The number of hydrogen-bond acceptors (Lipinski definition) is 5. The molecule has 6 nitrogen and oxygen atoms in total. The maximum absolute atomic E-state index is 13.2. The summed E-state index contributed by atoms with van der Waals surface area (Å²) in [6.07, 6.45) is 2.10. The molecule has 1 atom stereocenters. The number of sulfonamides is 1. The Morgan fingerprint density at radius 3 is 2.65 bits per heavy atom. The number of carbonyl (C=O) groups excluding carboxylic acids is 1. The molecule has 3 aromatic rings. The molecule has 2 aromatic carbocycles. The van der Waals surface area contributed by atoms with E-state index in [4.69, 9.17) is 4.74 Å². The first-order valence-electron chi connectivity index (χ1n) is 10.4. The van der Waals surface area contributed by atoms with Crippen LogP contribution in [0, 0.1) is 6.92 Å². The molecule has 2 heterocycles. The predicted molar refractivity (Wildman–Crippen MR) is 125 cm³/mol. The SMILES string of the molecule is CCN(c1ccc2sc(C(=O)NC[C@H]3CCCO3)cc2c1)S(=O)(=O)c1ccc(C)cc1. The number of benzene rings is 2. The van der Waals surface area contributed by atoms with Gasteiger partial charge in [-0.25, -0.2) is 8.42 Å². The fourth-order valence-electron chi connectivity index (χ4n) is 3.73. The molecule has 0 bridgehead atoms. The molecule has 164 valence electrons. The van der Waals surface area contributed by atoms with Crippen molar-refractivity contribution in [3.05, 3.63) is 59.0 Å². The van der Waals surface area contributed by atoms with Crippen LogP contribution in [0.2, 0.25) is 0 Å². The largest absolute Gasteiger partial charge is 0.376 e. The highest BCUT2D eigenvalue weighted by atomic mass is 32.2. The van der Waals surface area contributed by atoms with Gasteiger partial charge < -0.3 is 10.1 Å². The third kappa shape index (κ3) is 4.61. The lowest BCUT2D eigenvalue weighted by molar-refractivity contribution is 0.0861. The van der Waals surface area contributed by atoms with Crippen molar-refractivity contribution in [2.24, 2.45) is 0 Å². The van der Waals surface area contributed by atoms with E-state index in [1.807, 2.05) is 32.0 Å². The van der Waals surface area contributed by atoms with Crippen molar-refractivity contribution < 1.29 is 17.9 Å². The minimum Gasteiger partial charge on any atom is -0.376 e. The molecule has 1 amide bonds. The number of ether oxygens (including phenoxy) is 1. The highest BCUT2D eigenvalue weighted by molar-refractivity contribution is 7.92. The number of nitrogens with zero attached hydrogens (tertiary/aromatic N) is 1. The van der Waals surface area contributed by atoms with Crippen molar-refractivity contribution in [2.75, 3.05) is 24.0 Å². The van der Waals surface area contributed by atoms with Crippen LogP contribution in [0.1, 0.15) is 35.0 Å². The highest BCUT2D eigenvalue weighted by Gasteiger charge is 2.24. The van der Waals surface area contributed by atoms with E-state index in [1.165, 1.54) is 15.6 Å². The zero-order chi connectivity index (χ0) is 22.0. The van der Waals surface area contributed by atoms with Gasteiger partial charge in [0.15, 0.2) is 0 Å². The summed E-state index contributed by atoms with van der Waals surface area (Å²) in [4.78, 5) is 13.4. The maximum Gasteiger partial charge on any atom is 0.264 e. The summed E-state index contributed by atoms with van der Waals surface area (Å²) in [5.74, 6) is -0.127. The first-order chi connectivity index (χ1) is 14.9. The van der Waals surface area contributed by atoms with Crippen molar-refractivity contribution in [2.45, 2.75) is 37.7 Å². The van der Waals surface area contributed by atoms with E-state index in [1.54, 1.807) is 30.3 Å². The molecule has 1 aliphatic rings. The normalized spacial score (nSPS) is 16.5. The van der Waals surface area contributed by atoms with Crippen molar-refractivity contribution in [1.29, 1.82) is 0 Å². The average molecular weight is 459 g/mol. The number of fused-ring (bicyclic) bond motifs is 1. The summed E-state index contributed by atoms with van der Waals surface area (Å²) >= 11 is 1.40. The number of hydrogen-bond donors (Lipinski definition) is 1. The Labute approximate surface area is 186 Å². The quantitative estimate of drug-likeness (QED) is 0.572. The van der Waals surface area contributed by atoms with E-state index < -0.39 is 10.0 Å². The van der Waals surface area contributed by atoms with E-state index in [-0.39, 0.29) is 16.9 Å². The van der Waals surface area contributed by atoms with Crippen LogP contribution in [-0.2, 0) is 14.8 Å². The molecule has 0 spiro atoms. The fourth-order valence-corrected chi connectivity index (χ4v) is 6.15. The maximum atomic E-state index is 13.2. The number of carbonyl (C=O) groups is 1. The third-order valence-corrected chi connectivity index (χ3v) is 8.45. The van der Waals surface area contributed by atoms with Crippen LogP contribution >= 0.6 is 11.3 Å². The minimum atomic E-state index is -3.67. The summed E-state index contributed by atoms with van der Waals surface area (Å²) in [7, 11) is -3.67. The third-order valence-electron chi connectivity index (χ3n) is 5.42. The summed E-state index contributed by atoms with van der Waals surface area (Å²) in [6.45, 7) is 5.31. The van der Waals surface area contributed by atoms with E-state index >= 15 is 0 Å². The highest BCUT2D eigenvalue weighted by Crippen LogP contribution is 2.32. The zero-order valence-electron chi connectivity index (χ0n) is 17.6. The van der Waals surface area contributed by atoms with Gasteiger partial charge in [-0.15, -0.1) is 11.3 Å². The molecule has 0 radical (unpaired) electrons. The van der Waals surface area contributed by atoms with Crippen LogP contribution < -0.4 is 9.62 Å². The Morgan fingerprint density at radius 1 is 1.19 bits per heavy atom. The molecule has 1 aromatic heterocycles. The molecule has 1 N–H and O–H groups in total. The lowest BCUT2D eigenvalue weighted by Crippen LogP contribution is -2.31. The molecule has 0 saturated carbocycles. The number of amides is 1. The average Bonchev–Trinajstić information content (AvgIpc) is 3.42. The molecular weight excluding hydrogens is 432 g/mol. The van der Waals surface area contributed by atoms with E-state index in [2.05, 4.69) is 5.32 Å². The molecule has 31 heavy (non-hydrogen) atoms. The van der Waals surface area contributed by atoms with Crippen LogP contribution in [0.3, 0.4) is 0 Å². The van der Waals surface area contributed by atoms with Gasteiger partial charge in [-0.05, 0) is 68.5 Å². The number of rotatable bonds is 7. The molecular formula is C23H26N2O4S2. The van der Waals surface area contributed by atoms with Crippen molar-refractivity contribution in [1.82, 2.24) is 5.32 Å². The Balaban J connectivity index is 1.57. The Morgan fingerprint density at radius 2 is 1.97 bits per heavy atom. The van der Waals surface area contributed by atoms with E-state index in [0.717, 1.165) is 35.1 Å². The van der Waals surface area contributed by atoms with Crippen molar-refractivity contribution >= 4 is 43.0 Å². The number of nitrogens with one attached hydrogen (secondary N) is 1. The standard InChI is InChI=1S/C23H26N2O4S2/c1-3-25(31(27,28)20-9-6-16(2)7-10-20)18-8-11-21-17(13-18)14-22(30-21)23(26)24-15-19-5-4-12-29-19/h6-11,13-14,19H,3-5,12,15H2,1-2H3,(H,24,26)/t19-/m1/s1. The van der Waals surface area contributed by atoms with Crippen LogP contribution in [0.15, 0.2) is 53.4 Å². The van der Waals surface area contributed by atoms with Gasteiger partial charge >= 0.3 is 0 Å². The number of aryl methyl sites for hydroxylation is 1. The van der Waals surface area contributed by atoms with Crippen LogP contribution in [0.4, 0.5) is 5.69 Å². The first kappa shape index (κ1) is 21.8. The monoisotopic (exact) mass is 458 g/mol. The van der Waals surface area contributed by atoms with Gasteiger partial charge in [0.25, 0.3) is 15.9 Å². The second kappa shape index (κ2) is 8.98. The molecule has 0 unspecified atom stereocenters. The molecule has 0 aliphatic carbocycles. The number of anilines is 1. The van der Waals surface area contributed by atoms with Crippen molar-refractivity contribution in [3.8, 4) is 0 Å². The predicted octanol–water partition coefficient (Wildman–Crippen LogP) is 4.33. The summed E-state index contributed by atoms with van der Waals surface area (Å²) in [5, 5.41) is 3.79. The van der Waals surface area contributed by atoms with Crippen LogP contribution in [0.5, 0.6) is 0 Å². The minimum absolute atomic E-state index is 0.0926. The summed E-state index contributed by atoms with van der Waals surface area (Å²) < 4.78 is 34.3.